The van der Waals surface area contributed by atoms with E-state index in [1.807, 2.05) is 35.7 Å². The highest BCUT2D eigenvalue weighted by atomic mass is 32.2. The molecule has 0 saturated carbocycles. The second-order valence-corrected chi connectivity index (χ2v) is 7.11. The van der Waals surface area contributed by atoms with Gasteiger partial charge in [0.05, 0.1) is 4.58 Å². The van der Waals surface area contributed by atoms with Crippen LogP contribution in [0.3, 0.4) is 0 Å². The lowest BCUT2D eigenvalue weighted by Crippen LogP contribution is -2.24. The second kappa shape index (κ2) is 7.82. The summed E-state index contributed by atoms with van der Waals surface area (Å²) in [6.07, 6.45) is 1.89. The number of aliphatic hydroxyl groups excluding tert-OH is 1. The quantitative estimate of drug-likeness (QED) is 0.820. The van der Waals surface area contributed by atoms with Gasteiger partial charge in [-0.25, -0.2) is 0 Å². The molecular weight excluding hydrogens is 278 g/mol. The fraction of sp³-hybridized carbons (Fsp3) is 0.500. The van der Waals surface area contributed by atoms with Crippen molar-refractivity contribution in [2.45, 2.75) is 17.4 Å². The predicted octanol–water partition coefficient (Wildman–Crippen LogP) is 2.67. The van der Waals surface area contributed by atoms with Crippen LogP contribution in [0, 0.1) is 0 Å². The van der Waals surface area contributed by atoms with E-state index in [2.05, 4.69) is 17.4 Å². The van der Waals surface area contributed by atoms with Gasteiger partial charge in [-0.1, -0.05) is 12.1 Å². The predicted molar refractivity (Wildman–Crippen MR) is 82.8 cm³/mol. The van der Waals surface area contributed by atoms with Crippen LogP contribution in [0.1, 0.15) is 33.3 Å². The van der Waals surface area contributed by atoms with E-state index in [4.69, 9.17) is 5.11 Å². The first kappa shape index (κ1) is 14.8. The van der Waals surface area contributed by atoms with Gasteiger partial charge in [-0.05, 0) is 42.0 Å². The Morgan fingerprint density at radius 2 is 1.95 bits per heavy atom. The lowest BCUT2D eigenvalue weighted by atomic mass is 10.1. The molecule has 0 atom stereocenters. The number of carbonyl (C=O) groups excluding carboxylic acids is 1. The monoisotopic (exact) mass is 297 g/mol. The van der Waals surface area contributed by atoms with Crippen LogP contribution >= 0.6 is 23.5 Å². The van der Waals surface area contributed by atoms with Crippen molar-refractivity contribution in [3.05, 3.63) is 35.4 Å². The van der Waals surface area contributed by atoms with Crippen LogP contribution in [0.2, 0.25) is 0 Å². The summed E-state index contributed by atoms with van der Waals surface area (Å²) in [5.74, 6) is 2.38. The van der Waals surface area contributed by atoms with E-state index in [0.717, 1.165) is 0 Å². The van der Waals surface area contributed by atoms with Crippen molar-refractivity contribution in [2.24, 2.45) is 0 Å². The first-order valence-electron chi connectivity index (χ1n) is 6.53. The number of benzene rings is 1. The molecule has 19 heavy (non-hydrogen) atoms. The average Bonchev–Trinajstić information content (AvgIpc) is 2.48. The number of aliphatic hydroxyl groups is 1. The molecule has 0 bridgehead atoms. The Morgan fingerprint density at radius 3 is 2.58 bits per heavy atom. The Bertz CT molecular complexity index is 402. The SMILES string of the molecule is O=C(NCCCO)c1ccc(C2SCCCS2)cc1. The Labute approximate surface area is 122 Å². The minimum Gasteiger partial charge on any atom is -0.396 e. The molecule has 3 nitrogen and oxygen atoms in total. The third kappa shape index (κ3) is 4.44. The fourth-order valence-electron chi connectivity index (χ4n) is 1.85. The van der Waals surface area contributed by atoms with Crippen LogP contribution in [0.5, 0.6) is 0 Å². The zero-order valence-electron chi connectivity index (χ0n) is 10.8. The summed E-state index contributed by atoms with van der Waals surface area (Å²) in [6, 6.07) is 7.88. The zero-order chi connectivity index (χ0) is 13.5. The second-order valence-electron chi connectivity index (χ2n) is 4.38. The van der Waals surface area contributed by atoms with Crippen molar-refractivity contribution in [1.29, 1.82) is 0 Å². The molecule has 1 heterocycles. The lowest BCUT2D eigenvalue weighted by Gasteiger charge is -2.21. The van der Waals surface area contributed by atoms with E-state index in [9.17, 15) is 4.79 Å². The van der Waals surface area contributed by atoms with Crippen LogP contribution in [-0.4, -0.2) is 35.7 Å². The van der Waals surface area contributed by atoms with E-state index in [1.54, 1.807) is 0 Å². The molecule has 1 aromatic rings. The van der Waals surface area contributed by atoms with Gasteiger partial charge < -0.3 is 10.4 Å². The number of hydrogen-bond acceptors (Lipinski definition) is 4. The highest BCUT2D eigenvalue weighted by Crippen LogP contribution is 2.43. The Balaban J connectivity index is 1.91. The van der Waals surface area contributed by atoms with Crippen molar-refractivity contribution in [3.8, 4) is 0 Å². The number of hydrogen-bond donors (Lipinski definition) is 2. The molecule has 1 saturated heterocycles. The number of amides is 1. The summed E-state index contributed by atoms with van der Waals surface area (Å²) in [6.45, 7) is 0.626. The normalized spacial score (nSPS) is 16.3. The van der Waals surface area contributed by atoms with Gasteiger partial charge in [0, 0.05) is 18.7 Å². The summed E-state index contributed by atoms with van der Waals surface area (Å²) in [7, 11) is 0. The Hall–Kier alpha value is -0.650. The molecule has 2 rings (SSSR count). The maximum atomic E-state index is 11.8. The highest BCUT2D eigenvalue weighted by Gasteiger charge is 2.16. The zero-order valence-corrected chi connectivity index (χ0v) is 12.4. The van der Waals surface area contributed by atoms with Crippen molar-refractivity contribution in [1.82, 2.24) is 5.32 Å². The fourth-order valence-corrected chi connectivity index (χ4v) is 4.75. The lowest BCUT2D eigenvalue weighted by molar-refractivity contribution is 0.0951. The minimum absolute atomic E-state index is 0.0658. The third-order valence-electron chi connectivity index (χ3n) is 2.89. The maximum Gasteiger partial charge on any atom is 0.251 e. The minimum atomic E-state index is -0.0658. The molecule has 5 heteroatoms. The van der Waals surface area contributed by atoms with Crippen LogP contribution in [0.25, 0.3) is 0 Å². The molecule has 1 aliphatic rings. The summed E-state index contributed by atoms with van der Waals surface area (Å²) >= 11 is 3.96. The summed E-state index contributed by atoms with van der Waals surface area (Å²) in [5, 5.41) is 11.5. The number of nitrogens with one attached hydrogen (secondary N) is 1. The van der Waals surface area contributed by atoms with Gasteiger partial charge in [-0.2, -0.15) is 0 Å². The first-order chi connectivity index (χ1) is 9.31. The molecular formula is C14H19NO2S2. The third-order valence-corrected chi connectivity index (χ3v) is 5.91. The smallest absolute Gasteiger partial charge is 0.251 e. The molecule has 1 aliphatic heterocycles. The van der Waals surface area contributed by atoms with Gasteiger partial charge in [-0.3, -0.25) is 4.79 Å². The summed E-state index contributed by atoms with van der Waals surface area (Å²) in [5.41, 5.74) is 1.98. The van der Waals surface area contributed by atoms with Crippen molar-refractivity contribution < 1.29 is 9.90 Å². The Morgan fingerprint density at radius 1 is 1.26 bits per heavy atom. The van der Waals surface area contributed by atoms with E-state index < -0.39 is 0 Å². The van der Waals surface area contributed by atoms with Gasteiger partial charge >= 0.3 is 0 Å². The van der Waals surface area contributed by atoms with Gasteiger partial charge in [0.25, 0.3) is 5.91 Å². The van der Waals surface area contributed by atoms with Crippen molar-refractivity contribution in [3.63, 3.8) is 0 Å². The van der Waals surface area contributed by atoms with Crippen molar-refractivity contribution in [2.75, 3.05) is 24.7 Å². The van der Waals surface area contributed by atoms with Gasteiger partial charge in [0.2, 0.25) is 0 Å². The molecule has 0 aromatic heterocycles. The molecule has 0 unspecified atom stereocenters. The molecule has 1 aromatic carbocycles. The van der Waals surface area contributed by atoms with E-state index in [1.165, 1.54) is 23.5 Å². The summed E-state index contributed by atoms with van der Waals surface area (Å²) in [4.78, 5) is 11.8. The molecule has 1 fully saturated rings. The van der Waals surface area contributed by atoms with E-state index in [-0.39, 0.29) is 12.5 Å². The number of carbonyl (C=O) groups is 1. The maximum absolute atomic E-state index is 11.8. The largest absolute Gasteiger partial charge is 0.396 e. The number of rotatable bonds is 5. The summed E-state index contributed by atoms with van der Waals surface area (Å²) < 4.78 is 0.514. The van der Waals surface area contributed by atoms with Crippen LogP contribution in [-0.2, 0) is 0 Å². The van der Waals surface area contributed by atoms with Crippen LogP contribution in [0.4, 0.5) is 0 Å². The van der Waals surface area contributed by atoms with Gasteiger partial charge in [0.1, 0.15) is 0 Å². The van der Waals surface area contributed by atoms with Crippen LogP contribution < -0.4 is 5.32 Å². The van der Waals surface area contributed by atoms with Crippen LogP contribution in [0.15, 0.2) is 24.3 Å². The van der Waals surface area contributed by atoms with Crippen molar-refractivity contribution >= 4 is 29.4 Å². The molecule has 0 spiro atoms. The first-order valence-corrected chi connectivity index (χ1v) is 8.63. The van der Waals surface area contributed by atoms with E-state index >= 15 is 0 Å². The average molecular weight is 297 g/mol. The Kier molecular flexibility index (Phi) is 6.07. The van der Waals surface area contributed by atoms with Gasteiger partial charge in [0.15, 0.2) is 0 Å². The molecule has 2 N–H and O–H groups in total. The molecule has 0 aliphatic carbocycles. The van der Waals surface area contributed by atoms with Gasteiger partial charge in [-0.15, -0.1) is 23.5 Å². The van der Waals surface area contributed by atoms with E-state index in [0.29, 0.717) is 23.1 Å². The topological polar surface area (TPSA) is 49.3 Å². The highest BCUT2D eigenvalue weighted by molar-refractivity contribution is 8.16. The molecule has 104 valence electrons. The molecule has 0 radical (unpaired) electrons. The standard InChI is InChI=1S/C14H19NO2S2/c16-8-1-7-15-13(17)11-3-5-12(6-4-11)14-18-9-2-10-19-14/h3-6,14,16H,1-2,7-10H2,(H,15,17). The molecule has 1 amide bonds. The number of thioether (sulfide) groups is 2.